The highest BCUT2D eigenvalue weighted by molar-refractivity contribution is 5.94. The van der Waals surface area contributed by atoms with Crippen molar-refractivity contribution in [2.24, 2.45) is 5.92 Å². The van der Waals surface area contributed by atoms with Crippen molar-refractivity contribution in [3.8, 4) is 17.6 Å². The third kappa shape index (κ3) is 2.73. The minimum Gasteiger partial charge on any atom is -0.395 e. The fourth-order valence-corrected chi connectivity index (χ4v) is 1.59. The van der Waals surface area contributed by atoms with Crippen LogP contribution in [0.25, 0.3) is 0 Å². The Kier molecular flexibility index (Phi) is 3.25. The summed E-state index contributed by atoms with van der Waals surface area (Å²) in [5.74, 6) is -1.54. The topological polar surface area (TPSA) is 71.4 Å². The molecule has 100 valence electrons. The minimum atomic E-state index is -3.69. The molecule has 1 aliphatic heterocycles. The molecular formula is C12H10F2N2O3. The summed E-state index contributed by atoms with van der Waals surface area (Å²) < 4.78 is 34.1. The number of anilines is 1. The van der Waals surface area contributed by atoms with Crippen LogP contribution in [0.5, 0.6) is 11.5 Å². The summed E-state index contributed by atoms with van der Waals surface area (Å²) in [4.78, 5) is 11.6. The van der Waals surface area contributed by atoms with Gasteiger partial charge in [-0.1, -0.05) is 6.92 Å². The smallest absolute Gasteiger partial charge is 0.395 e. The molecule has 1 unspecified atom stereocenters. The lowest BCUT2D eigenvalue weighted by atomic mass is 10.1. The molecule has 19 heavy (non-hydrogen) atoms. The van der Waals surface area contributed by atoms with Gasteiger partial charge < -0.3 is 14.8 Å². The van der Waals surface area contributed by atoms with Crippen molar-refractivity contribution in [2.75, 3.05) is 5.32 Å². The molecule has 1 aliphatic rings. The van der Waals surface area contributed by atoms with Crippen LogP contribution in [0.4, 0.5) is 14.5 Å². The first-order valence-corrected chi connectivity index (χ1v) is 5.55. The van der Waals surface area contributed by atoms with Crippen LogP contribution in [0, 0.1) is 17.2 Å². The number of alkyl halides is 2. The van der Waals surface area contributed by atoms with Crippen LogP contribution in [0.1, 0.15) is 13.3 Å². The van der Waals surface area contributed by atoms with Crippen LogP contribution >= 0.6 is 0 Å². The van der Waals surface area contributed by atoms with E-state index in [4.69, 9.17) is 5.26 Å². The molecule has 1 N–H and O–H groups in total. The van der Waals surface area contributed by atoms with Gasteiger partial charge in [-0.2, -0.15) is 5.26 Å². The Balaban J connectivity index is 2.13. The molecule has 1 aromatic rings. The molecule has 0 fully saturated rings. The maximum Gasteiger partial charge on any atom is 0.586 e. The quantitative estimate of drug-likeness (QED) is 0.914. The number of hydrogen-bond acceptors (Lipinski definition) is 4. The first-order valence-electron chi connectivity index (χ1n) is 5.55. The number of ether oxygens (including phenoxy) is 2. The predicted octanol–water partition coefficient (Wildman–Crippen LogP) is 2.50. The van der Waals surface area contributed by atoms with E-state index in [2.05, 4.69) is 14.8 Å². The Labute approximate surface area is 107 Å². The van der Waals surface area contributed by atoms with Gasteiger partial charge in [0, 0.05) is 11.8 Å². The molecule has 0 radical (unpaired) electrons. The Morgan fingerprint density at radius 3 is 2.79 bits per heavy atom. The maximum absolute atomic E-state index is 12.8. The number of nitrogens with zero attached hydrogens (tertiary/aromatic N) is 1. The first kappa shape index (κ1) is 13.1. The Hall–Kier alpha value is -2.36. The second-order valence-corrected chi connectivity index (χ2v) is 3.91. The highest BCUT2D eigenvalue weighted by Gasteiger charge is 2.43. The zero-order chi connectivity index (χ0) is 14.0. The SMILES string of the molecule is CCC(C#N)C(=O)Nc1ccc2c(c1)OC(F)(F)O2. The number of halogens is 2. The molecule has 1 atom stereocenters. The van der Waals surface area contributed by atoms with E-state index in [1.54, 1.807) is 6.92 Å². The van der Waals surface area contributed by atoms with E-state index in [0.29, 0.717) is 6.42 Å². The third-order valence-corrected chi connectivity index (χ3v) is 2.55. The Morgan fingerprint density at radius 2 is 2.16 bits per heavy atom. The number of nitriles is 1. The van der Waals surface area contributed by atoms with Crippen LogP contribution in [0.15, 0.2) is 18.2 Å². The highest BCUT2D eigenvalue weighted by Crippen LogP contribution is 2.42. The van der Waals surface area contributed by atoms with E-state index in [1.165, 1.54) is 18.2 Å². The largest absolute Gasteiger partial charge is 0.586 e. The predicted molar refractivity (Wildman–Crippen MR) is 60.7 cm³/mol. The van der Waals surface area contributed by atoms with E-state index in [0.717, 1.165) is 0 Å². The van der Waals surface area contributed by atoms with Gasteiger partial charge in [-0.05, 0) is 18.6 Å². The van der Waals surface area contributed by atoms with Gasteiger partial charge >= 0.3 is 6.29 Å². The van der Waals surface area contributed by atoms with E-state index in [9.17, 15) is 13.6 Å². The van der Waals surface area contributed by atoms with Gasteiger partial charge in [-0.3, -0.25) is 4.79 Å². The fraction of sp³-hybridized carbons (Fsp3) is 0.333. The van der Waals surface area contributed by atoms with Gasteiger partial charge in [-0.15, -0.1) is 8.78 Å². The molecule has 1 aromatic carbocycles. The first-order chi connectivity index (χ1) is 8.95. The maximum atomic E-state index is 12.8. The van der Waals surface area contributed by atoms with Gasteiger partial charge in [0.1, 0.15) is 5.92 Å². The van der Waals surface area contributed by atoms with E-state index >= 15 is 0 Å². The van der Waals surface area contributed by atoms with Gasteiger partial charge in [0.25, 0.3) is 0 Å². The second kappa shape index (κ2) is 4.72. The van der Waals surface area contributed by atoms with Crippen LogP contribution in [0.3, 0.4) is 0 Å². The summed E-state index contributed by atoms with van der Waals surface area (Å²) in [5.41, 5.74) is 0.263. The van der Waals surface area contributed by atoms with Gasteiger partial charge in [0.05, 0.1) is 6.07 Å². The van der Waals surface area contributed by atoms with Crippen LogP contribution < -0.4 is 14.8 Å². The lowest BCUT2D eigenvalue weighted by molar-refractivity contribution is -0.286. The van der Waals surface area contributed by atoms with E-state index in [1.807, 2.05) is 6.07 Å². The van der Waals surface area contributed by atoms with Crippen molar-refractivity contribution >= 4 is 11.6 Å². The molecule has 0 bridgehead atoms. The zero-order valence-corrected chi connectivity index (χ0v) is 9.94. The van der Waals surface area contributed by atoms with Crippen LogP contribution in [-0.4, -0.2) is 12.2 Å². The summed E-state index contributed by atoms with van der Waals surface area (Å²) in [6.07, 6.45) is -3.32. The number of benzene rings is 1. The van der Waals surface area contributed by atoms with Crippen molar-refractivity contribution in [3.05, 3.63) is 18.2 Å². The fourth-order valence-electron chi connectivity index (χ4n) is 1.59. The molecule has 0 aliphatic carbocycles. The highest BCUT2D eigenvalue weighted by atomic mass is 19.3. The molecule has 0 saturated carbocycles. The average molecular weight is 268 g/mol. The van der Waals surface area contributed by atoms with Crippen molar-refractivity contribution in [2.45, 2.75) is 19.6 Å². The molecular weight excluding hydrogens is 258 g/mol. The summed E-state index contributed by atoms with van der Waals surface area (Å²) >= 11 is 0. The summed E-state index contributed by atoms with van der Waals surface area (Å²) in [7, 11) is 0. The lowest BCUT2D eigenvalue weighted by Crippen LogP contribution is -2.25. The number of rotatable bonds is 3. The number of fused-ring (bicyclic) bond motifs is 1. The molecule has 1 heterocycles. The summed E-state index contributed by atoms with van der Waals surface area (Å²) in [6, 6.07) is 5.73. The molecule has 5 nitrogen and oxygen atoms in total. The Bertz CT molecular complexity index is 554. The van der Waals surface area contributed by atoms with Crippen molar-refractivity contribution in [1.82, 2.24) is 0 Å². The average Bonchev–Trinajstić information content (AvgIpc) is 2.63. The number of amides is 1. The molecule has 2 rings (SSSR count). The van der Waals surface area contributed by atoms with Gasteiger partial charge in [-0.25, -0.2) is 0 Å². The van der Waals surface area contributed by atoms with Crippen molar-refractivity contribution < 1.29 is 23.0 Å². The van der Waals surface area contributed by atoms with Crippen LogP contribution in [-0.2, 0) is 4.79 Å². The monoisotopic (exact) mass is 268 g/mol. The second-order valence-electron chi connectivity index (χ2n) is 3.91. The van der Waals surface area contributed by atoms with E-state index < -0.39 is 18.1 Å². The molecule has 0 saturated heterocycles. The third-order valence-electron chi connectivity index (χ3n) is 2.55. The number of hydrogen-bond donors (Lipinski definition) is 1. The minimum absolute atomic E-state index is 0.102. The number of nitrogens with one attached hydrogen (secondary N) is 1. The number of carbonyl (C=O) groups excluding carboxylic acids is 1. The molecule has 0 spiro atoms. The Morgan fingerprint density at radius 1 is 1.47 bits per heavy atom. The lowest BCUT2D eigenvalue weighted by Gasteiger charge is -2.08. The van der Waals surface area contributed by atoms with Crippen molar-refractivity contribution in [1.29, 1.82) is 5.26 Å². The van der Waals surface area contributed by atoms with Crippen molar-refractivity contribution in [3.63, 3.8) is 0 Å². The molecule has 7 heteroatoms. The normalized spacial score (nSPS) is 16.5. The standard InChI is InChI=1S/C12H10F2N2O3/c1-2-7(6-15)11(17)16-8-3-4-9-10(5-8)19-12(13,14)18-9/h3-5,7H,2H2,1H3,(H,16,17). The molecule has 1 amide bonds. The van der Waals surface area contributed by atoms with Gasteiger partial charge in [0.15, 0.2) is 11.5 Å². The van der Waals surface area contributed by atoms with Crippen LogP contribution in [0.2, 0.25) is 0 Å². The summed E-state index contributed by atoms with van der Waals surface area (Å²) in [5, 5.41) is 11.2. The summed E-state index contributed by atoms with van der Waals surface area (Å²) in [6.45, 7) is 1.70. The number of carbonyl (C=O) groups is 1. The zero-order valence-electron chi connectivity index (χ0n) is 9.94. The van der Waals surface area contributed by atoms with Gasteiger partial charge in [0.2, 0.25) is 5.91 Å². The van der Waals surface area contributed by atoms with E-state index in [-0.39, 0.29) is 17.2 Å². The molecule has 0 aromatic heterocycles.